The summed E-state index contributed by atoms with van der Waals surface area (Å²) < 4.78 is 5.47. The van der Waals surface area contributed by atoms with Crippen LogP contribution in [0.2, 0.25) is 0 Å². The van der Waals surface area contributed by atoms with Crippen LogP contribution in [0.25, 0.3) is 0 Å². The van der Waals surface area contributed by atoms with Gasteiger partial charge in [-0.1, -0.05) is 33.6 Å². The molecule has 1 saturated heterocycles. The van der Waals surface area contributed by atoms with Gasteiger partial charge in [-0.3, -0.25) is 0 Å². The molecule has 1 heteroatoms. The Bertz CT molecular complexity index is 248. The summed E-state index contributed by atoms with van der Waals surface area (Å²) in [6.07, 6.45) is 4.49. The predicted octanol–water partition coefficient (Wildman–Crippen LogP) is 3.88. The molecule has 0 aromatic rings. The highest BCUT2D eigenvalue weighted by molar-refractivity contribution is 5.13. The highest BCUT2D eigenvalue weighted by Crippen LogP contribution is 2.36. The van der Waals surface area contributed by atoms with E-state index in [0.717, 1.165) is 38.4 Å². The minimum Gasteiger partial charge on any atom is -0.381 e. The SMILES string of the molecule is CC(C)CC#CC1(CC(C)C)CCOCC1. The van der Waals surface area contributed by atoms with Crippen LogP contribution in [0.5, 0.6) is 0 Å². The van der Waals surface area contributed by atoms with Crippen molar-refractivity contribution >= 4 is 0 Å². The molecular weight excluding hydrogens is 196 g/mol. The predicted molar refractivity (Wildman–Crippen MR) is 69.2 cm³/mol. The van der Waals surface area contributed by atoms with Gasteiger partial charge in [0.2, 0.25) is 0 Å². The zero-order valence-electron chi connectivity index (χ0n) is 11.3. The molecule has 1 aliphatic rings. The van der Waals surface area contributed by atoms with Crippen molar-refractivity contribution in [1.29, 1.82) is 0 Å². The van der Waals surface area contributed by atoms with Gasteiger partial charge in [0.15, 0.2) is 0 Å². The molecule has 1 nitrogen and oxygen atoms in total. The van der Waals surface area contributed by atoms with Gasteiger partial charge in [-0.15, -0.1) is 5.92 Å². The molecule has 1 heterocycles. The zero-order valence-corrected chi connectivity index (χ0v) is 11.3. The average molecular weight is 222 g/mol. The van der Waals surface area contributed by atoms with Crippen LogP contribution in [0.3, 0.4) is 0 Å². The number of hydrogen-bond donors (Lipinski definition) is 0. The van der Waals surface area contributed by atoms with Gasteiger partial charge in [-0.05, 0) is 31.1 Å². The Balaban J connectivity index is 2.64. The molecule has 0 amide bonds. The Kier molecular flexibility index (Phi) is 5.35. The molecular formula is C15H26O. The zero-order chi connectivity index (χ0) is 12.0. The highest BCUT2D eigenvalue weighted by Gasteiger charge is 2.31. The molecule has 1 aliphatic heterocycles. The molecule has 0 aliphatic carbocycles. The summed E-state index contributed by atoms with van der Waals surface area (Å²) in [4.78, 5) is 0. The van der Waals surface area contributed by atoms with Gasteiger partial charge in [0.05, 0.1) is 0 Å². The Morgan fingerprint density at radius 2 is 1.69 bits per heavy atom. The first-order valence-electron chi connectivity index (χ1n) is 6.62. The third-order valence-electron chi connectivity index (χ3n) is 3.11. The van der Waals surface area contributed by atoms with Crippen molar-refractivity contribution < 1.29 is 4.74 Å². The first-order valence-corrected chi connectivity index (χ1v) is 6.62. The quantitative estimate of drug-likeness (QED) is 0.658. The molecule has 16 heavy (non-hydrogen) atoms. The summed E-state index contributed by atoms with van der Waals surface area (Å²) >= 11 is 0. The van der Waals surface area contributed by atoms with Crippen molar-refractivity contribution in [3.63, 3.8) is 0 Å². The fourth-order valence-corrected chi connectivity index (χ4v) is 2.37. The molecule has 0 aromatic carbocycles. The maximum absolute atomic E-state index is 5.47. The van der Waals surface area contributed by atoms with Crippen LogP contribution < -0.4 is 0 Å². The Morgan fingerprint density at radius 3 is 2.19 bits per heavy atom. The minimum absolute atomic E-state index is 0.251. The Labute approximate surface area is 101 Å². The van der Waals surface area contributed by atoms with E-state index >= 15 is 0 Å². The molecule has 0 atom stereocenters. The third-order valence-corrected chi connectivity index (χ3v) is 3.11. The Hall–Kier alpha value is -0.480. The van der Waals surface area contributed by atoms with E-state index < -0.39 is 0 Å². The topological polar surface area (TPSA) is 9.23 Å². The van der Waals surface area contributed by atoms with Crippen LogP contribution in [0.1, 0.15) is 53.4 Å². The van der Waals surface area contributed by atoms with Crippen LogP contribution in [0.15, 0.2) is 0 Å². The second-order valence-corrected chi connectivity index (χ2v) is 5.89. The molecule has 0 aromatic heterocycles. The molecule has 0 radical (unpaired) electrons. The molecule has 0 spiro atoms. The summed E-state index contributed by atoms with van der Waals surface area (Å²) in [6, 6.07) is 0. The lowest BCUT2D eigenvalue weighted by Gasteiger charge is -2.34. The van der Waals surface area contributed by atoms with Crippen molar-refractivity contribution in [1.82, 2.24) is 0 Å². The number of hydrogen-bond acceptors (Lipinski definition) is 1. The maximum Gasteiger partial charge on any atom is 0.0480 e. The summed E-state index contributed by atoms with van der Waals surface area (Å²) in [7, 11) is 0. The van der Waals surface area contributed by atoms with E-state index in [1.807, 2.05) is 0 Å². The number of rotatable bonds is 3. The van der Waals surface area contributed by atoms with Crippen molar-refractivity contribution in [3.05, 3.63) is 0 Å². The standard InChI is InChI=1S/C15H26O/c1-13(2)6-5-7-15(12-14(3)4)8-10-16-11-9-15/h13-14H,6,8-12H2,1-4H3. The van der Waals surface area contributed by atoms with E-state index in [-0.39, 0.29) is 5.41 Å². The van der Waals surface area contributed by atoms with Gasteiger partial charge in [0.1, 0.15) is 0 Å². The second-order valence-electron chi connectivity index (χ2n) is 5.89. The molecule has 92 valence electrons. The summed E-state index contributed by atoms with van der Waals surface area (Å²) in [5.74, 6) is 8.37. The normalized spacial score (nSPS) is 19.6. The molecule has 1 fully saturated rings. The largest absolute Gasteiger partial charge is 0.381 e. The molecule has 0 N–H and O–H groups in total. The molecule has 1 rings (SSSR count). The van der Waals surface area contributed by atoms with Crippen LogP contribution in [-0.2, 0) is 4.74 Å². The Morgan fingerprint density at radius 1 is 1.06 bits per heavy atom. The summed E-state index contributed by atoms with van der Waals surface area (Å²) in [5, 5.41) is 0. The lowest BCUT2D eigenvalue weighted by atomic mass is 9.74. The minimum atomic E-state index is 0.251. The van der Waals surface area contributed by atoms with Crippen molar-refractivity contribution in [2.24, 2.45) is 17.3 Å². The van der Waals surface area contributed by atoms with Crippen molar-refractivity contribution in [3.8, 4) is 11.8 Å². The van der Waals surface area contributed by atoms with Gasteiger partial charge < -0.3 is 4.74 Å². The highest BCUT2D eigenvalue weighted by atomic mass is 16.5. The van der Waals surface area contributed by atoms with Crippen LogP contribution in [0, 0.1) is 29.1 Å². The monoisotopic (exact) mass is 222 g/mol. The van der Waals surface area contributed by atoms with E-state index in [1.54, 1.807) is 0 Å². The van der Waals surface area contributed by atoms with E-state index in [9.17, 15) is 0 Å². The average Bonchev–Trinajstić information content (AvgIpc) is 2.17. The molecule has 0 bridgehead atoms. The first kappa shape index (κ1) is 13.6. The van der Waals surface area contributed by atoms with Gasteiger partial charge >= 0.3 is 0 Å². The lowest BCUT2D eigenvalue weighted by molar-refractivity contribution is 0.0328. The number of ether oxygens (including phenoxy) is 1. The van der Waals surface area contributed by atoms with Crippen molar-refractivity contribution in [2.75, 3.05) is 13.2 Å². The van der Waals surface area contributed by atoms with E-state index in [1.165, 1.54) is 6.42 Å². The second kappa shape index (κ2) is 6.30. The van der Waals surface area contributed by atoms with Gasteiger partial charge in [0, 0.05) is 25.0 Å². The van der Waals surface area contributed by atoms with Crippen molar-refractivity contribution in [2.45, 2.75) is 53.4 Å². The van der Waals surface area contributed by atoms with E-state index in [4.69, 9.17) is 4.74 Å². The first-order chi connectivity index (χ1) is 7.54. The van der Waals surface area contributed by atoms with Gasteiger partial charge in [-0.2, -0.15) is 0 Å². The van der Waals surface area contributed by atoms with Gasteiger partial charge in [-0.25, -0.2) is 0 Å². The molecule has 0 unspecified atom stereocenters. The fraction of sp³-hybridized carbons (Fsp3) is 0.867. The maximum atomic E-state index is 5.47. The van der Waals surface area contributed by atoms with Crippen LogP contribution in [0.4, 0.5) is 0 Å². The summed E-state index contributed by atoms with van der Waals surface area (Å²) in [5.41, 5.74) is 0.251. The third kappa shape index (κ3) is 4.58. The van der Waals surface area contributed by atoms with E-state index in [0.29, 0.717) is 5.92 Å². The van der Waals surface area contributed by atoms with Crippen LogP contribution >= 0.6 is 0 Å². The lowest BCUT2D eigenvalue weighted by Crippen LogP contribution is -2.29. The molecule has 0 saturated carbocycles. The van der Waals surface area contributed by atoms with Crippen LogP contribution in [-0.4, -0.2) is 13.2 Å². The summed E-state index contributed by atoms with van der Waals surface area (Å²) in [6.45, 7) is 10.8. The smallest absolute Gasteiger partial charge is 0.0480 e. The van der Waals surface area contributed by atoms with Gasteiger partial charge in [0.25, 0.3) is 0 Å². The van der Waals surface area contributed by atoms with E-state index in [2.05, 4.69) is 39.5 Å². The fourth-order valence-electron chi connectivity index (χ4n) is 2.37.